The summed E-state index contributed by atoms with van der Waals surface area (Å²) in [4.78, 5) is 13.8. The summed E-state index contributed by atoms with van der Waals surface area (Å²) < 4.78 is 17.0. The van der Waals surface area contributed by atoms with Crippen LogP contribution in [0.25, 0.3) is 11.1 Å². The number of fused-ring (bicyclic) bond motifs is 1. The number of benzene rings is 1. The Hall–Kier alpha value is -1.71. The molecule has 0 unspecified atom stereocenters. The Morgan fingerprint density at radius 2 is 2.33 bits per heavy atom. The average molecular weight is 165 g/mol. The molecule has 2 rings (SSSR count). The molecular weight excluding hydrogens is 161 g/mol. The van der Waals surface area contributed by atoms with Crippen LogP contribution in [0.2, 0.25) is 0 Å². The van der Waals surface area contributed by atoms with Gasteiger partial charge in [0.05, 0.1) is 0 Å². The highest BCUT2D eigenvalue weighted by atomic mass is 19.1. The minimum atomic E-state index is -0.917. The lowest BCUT2D eigenvalue weighted by atomic mass is 10.2. The van der Waals surface area contributed by atoms with Crippen LogP contribution in [0.15, 0.2) is 22.6 Å². The number of aldehydes is 1. The van der Waals surface area contributed by atoms with Crippen molar-refractivity contribution in [2.75, 3.05) is 0 Å². The summed E-state index contributed by atoms with van der Waals surface area (Å²) in [7, 11) is 0. The maximum absolute atomic E-state index is 12.4. The summed E-state index contributed by atoms with van der Waals surface area (Å²) >= 11 is 0. The second-order valence-electron chi connectivity index (χ2n) is 2.28. The molecule has 12 heavy (non-hydrogen) atoms. The molecule has 3 nitrogen and oxygen atoms in total. The molecule has 1 aromatic carbocycles. The van der Waals surface area contributed by atoms with Crippen molar-refractivity contribution in [2.24, 2.45) is 0 Å². The Balaban J connectivity index is 2.86. The molecule has 0 N–H and O–H groups in total. The van der Waals surface area contributed by atoms with Crippen LogP contribution < -0.4 is 0 Å². The lowest BCUT2D eigenvalue weighted by Gasteiger charge is -1.87. The van der Waals surface area contributed by atoms with Crippen LogP contribution in [-0.2, 0) is 0 Å². The van der Waals surface area contributed by atoms with E-state index in [4.69, 9.17) is 0 Å². The fraction of sp³-hybridized carbons (Fsp3) is 0. The second kappa shape index (κ2) is 2.41. The predicted octanol–water partition coefficient (Wildman–Crippen LogP) is 1.78. The van der Waals surface area contributed by atoms with E-state index in [2.05, 4.69) is 9.40 Å². The van der Waals surface area contributed by atoms with Crippen LogP contribution in [0.4, 0.5) is 4.39 Å². The minimum absolute atomic E-state index is 0.269. The third-order valence-electron chi connectivity index (χ3n) is 1.55. The van der Waals surface area contributed by atoms with Crippen LogP contribution >= 0.6 is 0 Å². The van der Waals surface area contributed by atoms with Gasteiger partial charge in [-0.3, -0.25) is 4.79 Å². The molecule has 0 aliphatic carbocycles. The van der Waals surface area contributed by atoms with E-state index < -0.39 is 6.14 Å². The predicted molar refractivity (Wildman–Crippen MR) is 39.4 cm³/mol. The Bertz CT molecular complexity index is 436. The topological polar surface area (TPSA) is 43.1 Å². The fourth-order valence-corrected chi connectivity index (χ4v) is 1.04. The van der Waals surface area contributed by atoms with Crippen molar-refractivity contribution in [2.45, 2.75) is 0 Å². The normalized spacial score (nSPS) is 10.4. The average Bonchev–Trinajstić information content (AvgIpc) is 2.44. The van der Waals surface area contributed by atoms with E-state index in [0.29, 0.717) is 11.8 Å². The molecule has 0 aliphatic rings. The lowest BCUT2D eigenvalue weighted by Crippen LogP contribution is -1.81. The van der Waals surface area contributed by atoms with Crippen molar-refractivity contribution >= 4 is 17.4 Å². The van der Waals surface area contributed by atoms with Crippen LogP contribution in [0, 0.1) is 6.14 Å². The largest absolute Gasteiger partial charge is 0.415 e. The first-order valence-electron chi connectivity index (χ1n) is 3.31. The van der Waals surface area contributed by atoms with Gasteiger partial charge in [-0.1, -0.05) is 6.07 Å². The van der Waals surface area contributed by atoms with E-state index >= 15 is 0 Å². The molecule has 0 fully saturated rings. The monoisotopic (exact) mass is 165 g/mol. The molecule has 0 amide bonds. The van der Waals surface area contributed by atoms with Gasteiger partial charge < -0.3 is 4.42 Å². The summed E-state index contributed by atoms with van der Waals surface area (Å²) in [5.41, 5.74) is 0.891. The highest BCUT2D eigenvalue weighted by Crippen LogP contribution is 2.16. The Kier molecular flexibility index (Phi) is 1.40. The smallest absolute Gasteiger partial charge is 0.382 e. The Labute approximate surface area is 66.8 Å². The fourth-order valence-electron chi connectivity index (χ4n) is 1.04. The number of carbonyl (C=O) groups is 1. The SMILES string of the molecule is O=Cc1cccc2oc(F)nc12. The van der Waals surface area contributed by atoms with Crippen molar-refractivity contribution in [1.82, 2.24) is 4.98 Å². The van der Waals surface area contributed by atoms with E-state index in [1.54, 1.807) is 18.2 Å². The second-order valence-corrected chi connectivity index (χ2v) is 2.28. The van der Waals surface area contributed by atoms with Crippen molar-refractivity contribution in [3.8, 4) is 0 Å². The van der Waals surface area contributed by atoms with Gasteiger partial charge in [-0.2, -0.15) is 4.98 Å². The van der Waals surface area contributed by atoms with Gasteiger partial charge in [0.1, 0.15) is 5.52 Å². The maximum Gasteiger partial charge on any atom is 0.382 e. The molecule has 60 valence electrons. The molecule has 0 saturated heterocycles. The molecule has 1 heterocycles. The van der Waals surface area contributed by atoms with Gasteiger partial charge in [-0.05, 0) is 12.1 Å². The highest BCUT2D eigenvalue weighted by molar-refractivity contribution is 5.93. The Morgan fingerprint density at radius 3 is 3.08 bits per heavy atom. The van der Waals surface area contributed by atoms with Gasteiger partial charge in [0.2, 0.25) is 0 Å². The summed E-state index contributed by atoms with van der Waals surface area (Å²) in [6, 6.07) is 4.71. The zero-order chi connectivity index (χ0) is 8.55. The van der Waals surface area contributed by atoms with Crippen LogP contribution in [-0.4, -0.2) is 11.3 Å². The lowest BCUT2D eigenvalue weighted by molar-refractivity contribution is 0.112. The first-order chi connectivity index (χ1) is 5.81. The van der Waals surface area contributed by atoms with Gasteiger partial charge in [-0.25, -0.2) is 0 Å². The van der Waals surface area contributed by atoms with E-state index in [0.717, 1.165) is 0 Å². The van der Waals surface area contributed by atoms with Crippen LogP contribution in [0.1, 0.15) is 10.4 Å². The first-order valence-corrected chi connectivity index (χ1v) is 3.31. The number of aromatic nitrogens is 1. The van der Waals surface area contributed by atoms with E-state index in [9.17, 15) is 9.18 Å². The van der Waals surface area contributed by atoms with Crippen molar-refractivity contribution < 1.29 is 13.6 Å². The number of halogens is 1. The zero-order valence-electron chi connectivity index (χ0n) is 5.95. The molecule has 0 bridgehead atoms. The molecule has 4 heteroatoms. The molecule has 0 saturated carbocycles. The number of nitrogens with zero attached hydrogens (tertiary/aromatic N) is 1. The van der Waals surface area contributed by atoms with Gasteiger partial charge in [0.15, 0.2) is 11.9 Å². The molecule has 0 spiro atoms. The molecule has 1 aromatic heterocycles. The van der Waals surface area contributed by atoms with Crippen molar-refractivity contribution in [3.63, 3.8) is 0 Å². The van der Waals surface area contributed by atoms with E-state index in [-0.39, 0.29) is 11.1 Å². The van der Waals surface area contributed by atoms with E-state index in [1.165, 1.54) is 0 Å². The third kappa shape index (κ3) is 0.887. The van der Waals surface area contributed by atoms with Gasteiger partial charge in [-0.15, -0.1) is 4.39 Å². The minimum Gasteiger partial charge on any atom is -0.415 e. The molecular formula is C8H4FNO2. The standard InChI is InChI=1S/C8H4FNO2/c9-8-10-7-5(4-11)2-1-3-6(7)12-8/h1-4H. The quantitative estimate of drug-likeness (QED) is 0.605. The Morgan fingerprint density at radius 1 is 1.50 bits per heavy atom. The van der Waals surface area contributed by atoms with Crippen molar-refractivity contribution in [1.29, 1.82) is 0 Å². The first kappa shape index (κ1) is 6.97. The van der Waals surface area contributed by atoms with Gasteiger partial charge >= 0.3 is 6.14 Å². The molecule has 2 aromatic rings. The molecule has 0 radical (unpaired) electrons. The number of carbonyl (C=O) groups excluding carboxylic acids is 1. The zero-order valence-corrected chi connectivity index (χ0v) is 5.95. The van der Waals surface area contributed by atoms with Gasteiger partial charge in [0.25, 0.3) is 0 Å². The highest BCUT2D eigenvalue weighted by Gasteiger charge is 2.07. The third-order valence-corrected chi connectivity index (χ3v) is 1.55. The number of para-hydroxylation sites is 1. The summed E-state index contributed by atoms with van der Waals surface area (Å²) in [5, 5.41) is 0. The summed E-state index contributed by atoms with van der Waals surface area (Å²) in [5.74, 6) is 0. The molecule has 0 aliphatic heterocycles. The number of hydrogen-bond acceptors (Lipinski definition) is 3. The number of oxazole rings is 1. The maximum atomic E-state index is 12.4. The van der Waals surface area contributed by atoms with Gasteiger partial charge in [0, 0.05) is 5.56 Å². The van der Waals surface area contributed by atoms with Crippen LogP contribution in [0.5, 0.6) is 0 Å². The van der Waals surface area contributed by atoms with Crippen molar-refractivity contribution in [3.05, 3.63) is 29.9 Å². The van der Waals surface area contributed by atoms with E-state index in [1.807, 2.05) is 0 Å². The number of hydrogen-bond donors (Lipinski definition) is 0. The molecule has 0 atom stereocenters. The summed E-state index contributed by atoms with van der Waals surface area (Å²) in [6.45, 7) is 0. The number of rotatable bonds is 1. The van der Waals surface area contributed by atoms with Crippen LogP contribution in [0.3, 0.4) is 0 Å². The summed E-state index contributed by atoms with van der Waals surface area (Å²) in [6.07, 6.45) is -0.302.